The van der Waals surface area contributed by atoms with Crippen LogP contribution in [0, 0.1) is 0 Å². The Labute approximate surface area is 203 Å². The number of sulfonamides is 1. The number of rotatable bonds is 8. The highest BCUT2D eigenvalue weighted by atomic mass is 32.2. The van der Waals surface area contributed by atoms with Crippen molar-refractivity contribution < 1.29 is 22.4 Å². The van der Waals surface area contributed by atoms with E-state index < -0.39 is 10.0 Å². The minimum Gasteiger partial charge on any atom is -0.496 e. The molecule has 3 heterocycles. The molecule has 184 valence electrons. The molecule has 0 radical (unpaired) electrons. The zero-order chi connectivity index (χ0) is 24.6. The number of aromatic nitrogens is 3. The lowest BCUT2D eigenvalue weighted by atomic mass is 10.1. The number of hydrogen-bond donors (Lipinski definition) is 2. The van der Waals surface area contributed by atoms with Crippen molar-refractivity contribution in [3.05, 3.63) is 58.9 Å². The van der Waals surface area contributed by atoms with Gasteiger partial charge in [-0.1, -0.05) is 18.1 Å². The maximum absolute atomic E-state index is 13.3. The third-order valence-corrected chi connectivity index (χ3v) is 7.56. The van der Waals surface area contributed by atoms with E-state index in [2.05, 4.69) is 20.3 Å². The summed E-state index contributed by atoms with van der Waals surface area (Å²) in [4.78, 5) is 0.0315. The van der Waals surface area contributed by atoms with Gasteiger partial charge in [0.1, 0.15) is 21.8 Å². The fraction of sp³-hybridized carbons (Fsp3) is 0.333. The van der Waals surface area contributed by atoms with Gasteiger partial charge in [0.25, 0.3) is 10.0 Å². The molecule has 0 saturated heterocycles. The average molecular weight is 498 g/mol. The van der Waals surface area contributed by atoms with Crippen LogP contribution in [0.4, 0.5) is 5.82 Å². The van der Waals surface area contributed by atoms with Crippen molar-refractivity contribution in [2.24, 2.45) is 0 Å². The van der Waals surface area contributed by atoms with Crippen LogP contribution >= 0.6 is 0 Å². The van der Waals surface area contributed by atoms with Crippen LogP contribution in [-0.2, 0) is 36.0 Å². The molecule has 35 heavy (non-hydrogen) atoms. The lowest BCUT2D eigenvalue weighted by Gasteiger charge is -2.15. The SMILES string of the molecule is CCc1ccc(OC)c(S(=O)(=O)Nc2noc3cc(Cn4ncc5c4CCNC5)cc(OC)c23)c1. The zero-order valence-corrected chi connectivity index (χ0v) is 20.6. The van der Waals surface area contributed by atoms with Crippen molar-refractivity contribution in [1.29, 1.82) is 0 Å². The topological polar surface area (TPSA) is 121 Å². The Morgan fingerprint density at radius 3 is 2.74 bits per heavy atom. The summed E-state index contributed by atoms with van der Waals surface area (Å²) in [6.45, 7) is 4.22. The average Bonchev–Trinajstić information content (AvgIpc) is 3.47. The van der Waals surface area contributed by atoms with Crippen molar-refractivity contribution in [1.82, 2.24) is 20.3 Å². The highest BCUT2D eigenvalue weighted by Crippen LogP contribution is 2.36. The number of ether oxygens (including phenoxy) is 2. The van der Waals surface area contributed by atoms with E-state index in [1.165, 1.54) is 25.5 Å². The van der Waals surface area contributed by atoms with Gasteiger partial charge >= 0.3 is 0 Å². The van der Waals surface area contributed by atoms with Crippen LogP contribution in [0.3, 0.4) is 0 Å². The van der Waals surface area contributed by atoms with Gasteiger partial charge in [0.2, 0.25) is 0 Å². The quantitative estimate of drug-likeness (QED) is 0.381. The fourth-order valence-electron chi connectivity index (χ4n) is 4.37. The summed E-state index contributed by atoms with van der Waals surface area (Å²) in [6, 6.07) is 8.76. The number of nitrogens with zero attached hydrogens (tertiary/aromatic N) is 3. The summed E-state index contributed by atoms with van der Waals surface area (Å²) in [5.41, 5.74) is 4.59. The Balaban J connectivity index is 1.49. The molecule has 11 heteroatoms. The molecule has 5 rings (SSSR count). The molecule has 0 fully saturated rings. The molecule has 2 N–H and O–H groups in total. The van der Waals surface area contributed by atoms with Gasteiger partial charge in [0.15, 0.2) is 11.4 Å². The molecule has 1 aliphatic heterocycles. The van der Waals surface area contributed by atoms with Crippen LogP contribution < -0.4 is 19.5 Å². The molecule has 1 aliphatic rings. The third-order valence-electron chi connectivity index (χ3n) is 6.20. The summed E-state index contributed by atoms with van der Waals surface area (Å²) in [6.07, 6.45) is 3.48. The van der Waals surface area contributed by atoms with Crippen LogP contribution in [0.5, 0.6) is 11.5 Å². The van der Waals surface area contributed by atoms with Crippen LogP contribution in [0.25, 0.3) is 11.0 Å². The summed E-state index contributed by atoms with van der Waals surface area (Å²) in [5, 5.41) is 12.3. The number of methoxy groups -OCH3 is 2. The third kappa shape index (κ3) is 4.32. The molecule has 0 unspecified atom stereocenters. The van der Waals surface area contributed by atoms with E-state index >= 15 is 0 Å². The lowest BCUT2D eigenvalue weighted by Crippen LogP contribution is -2.24. The number of hydrogen-bond acceptors (Lipinski definition) is 8. The van der Waals surface area contributed by atoms with Gasteiger partial charge < -0.3 is 19.3 Å². The second kappa shape index (κ2) is 9.23. The molecular weight excluding hydrogens is 470 g/mol. The molecule has 0 bridgehead atoms. The molecule has 0 spiro atoms. The largest absolute Gasteiger partial charge is 0.496 e. The predicted octanol–water partition coefficient (Wildman–Crippen LogP) is 3.10. The second-order valence-electron chi connectivity index (χ2n) is 8.35. The molecule has 0 aliphatic carbocycles. The number of anilines is 1. The zero-order valence-electron chi connectivity index (χ0n) is 19.8. The fourth-order valence-corrected chi connectivity index (χ4v) is 5.60. The molecule has 4 aromatic rings. The van der Waals surface area contributed by atoms with Crippen molar-refractivity contribution in [3.63, 3.8) is 0 Å². The number of benzene rings is 2. The van der Waals surface area contributed by atoms with Gasteiger partial charge in [-0.25, -0.2) is 8.42 Å². The van der Waals surface area contributed by atoms with Gasteiger partial charge in [0, 0.05) is 30.8 Å². The first-order valence-corrected chi connectivity index (χ1v) is 12.8. The first-order valence-electron chi connectivity index (χ1n) is 11.3. The van der Waals surface area contributed by atoms with Crippen LogP contribution in [0.1, 0.15) is 29.3 Å². The standard InChI is InChI=1S/C24H27N5O5S/c1-4-15-5-6-19(32-2)22(11-15)35(30,31)28-24-23-20(33-3)9-16(10-21(23)34-27-24)14-29-18-7-8-25-12-17(18)13-26-29/h5-6,9-11,13,25H,4,7-8,12,14H2,1-3H3,(H,27,28). The number of aryl methyl sites for hydroxylation is 1. The predicted molar refractivity (Wildman–Crippen MR) is 130 cm³/mol. The Morgan fingerprint density at radius 1 is 1.14 bits per heavy atom. The first-order chi connectivity index (χ1) is 16.9. The van der Waals surface area contributed by atoms with Gasteiger partial charge in [-0.2, -0.15) is 5.10 Å². The summed E-state index contributed by atoms with van der Waals surface area (Å²) < 4.78 is 47.5. The van der Waals surface area contributed by atoms with Crippen LogP contribution in [0.2, 0.25) is 0 Å². The van der Waals surface area contributed by atoms with Crippen molar-refractivity contribution in [3.8, 4) is 11.5 Å². The Hall–Kier alpha value is -3.57. The highest BCUT2D eigenvalue weighted by molar-refractivity contribution is 7.92. The van der Waals surface area contributed by atoms with E-state index in [0.29, 0.717) is 29.7 Å². The van der Waals surface area contributed by atoms with E-state index in [-0.39, 0.29) is 16.5 Å². The molecule has 2 aromatic heterocycles. The smallest absolute Gasteiger partial charge is 0.266 e. The maximum Gasteiger partial charge on any atom is 0.266 e. The van der Waals surface area contributed by atoms with E-state index in [1.54, 1.807) is 12.1 Å². The maximum atomic E-state index is 13.3. The Bertz CT molecular complexity index is 1490. The minimum absolute atomic E-state index is 0.0315. The molecule has 10 nitrogen and oxygen atoms in total. The normalized spacial score (nSPS) is 13.6. The van der Waals surface area contributed by atoms with Crippen molar-refractivity contribution in [2.75, 3.05) is 25.5 Å². The van der Waals surface area contributed by atoms with Crippen LogP contribution in [0.15, 0.2) is 45.9 Å². The Morgan fingerprint density at radius 2 is 1.97 bits per heavy atom. The van der Waals surface area contributed by atoms with Gasteiger partial charge in [-0.3, -0.25) is 9.40 Å². The number of nitrogens with one attached hydrogen (secondary N) is 2. The highest BCUT2D eigenvalue weighted by Gasteiger charge is 2.25. The van der Waals surface area contributed by atoms with Gasteiger partial charge in [0.05, 0.1) is 27.0 Å². The molecule has 0 saturated carbocycles. The van der Waals surface area contributed by atoms with Crippen molar-refractivity contribution >= 4 is 26.8 Å². The minimum atomic E-state index is -4.01. The molecule has 0 amide bonds. The Kier molecular flexibility index (Phi) is 6.12. The van der Waals surface area contributed by atoms with Crippen LogP contribution in [-0.4, -0.2) is 44.1 Å². The second-order valence-corrected chi connectivity index (χ2v) is 10.00. The molecule has 0 atom stereocenters. The first kappa shape index (κ1) is 23.2. The number of fused-ring (bicyclic) bond motifs is 2. The van der Waals surface area contributed by atoms with Gasteiger partial charge in [-0.15, -0.1) is 0 Å². The molecular formula is C24H27N5O5S. The van der Waals surface area contributed by atoms with E-state index in [0.717, 1.165) is 30.6 Å². The summed E-state index contributed by atoms with van der Waals surface area (Å²) in [7, 11) is -1.05. The van der Waals surface area contributed by atoms with E-state index in [9.17, 15) is 8.42 Å². The lowest BCUT2D eigenvalue weighted by molar-refractivity contribution is 0.402. The molecule has 2 aromatic carbocycles. The summed E-state index contributed by atoms with van der Waals surface area (Å²) in [5.74, 6) is 0.748. The van der Waals surface area contributed by atoms with E-state index in [4.69, 9.17) is 14.0 Å². The van der Waals surface area contributed by atoms with Gasteiger partial charge in [-0.05, 0) is 41.8 Å². The van der Waals surface area contributed by atoms with E-state index in [1.807, 2.05) is 36.0 Å². The summed E-state index contributed by atoms with van der Waals surface area (Å²) >= 11 is 0. The monoisotopic (exact) mass is 497 g/mol. The van der Waals surface area contributed by atoms with Crippen molar-refractivity contribution in [2.45, 2.75) is 37.8 Å².